The standard InChI is InChI=1S/C18H23N3O/c1-11(22)19-17-15(12-5-6-12)20-21-16(17)13-7-9-14(10-8-13)18(2,3)4/h7-10,12H,5-6H2,1-4H3,(H,19,22)(H,20,21). The number of H-pyrrole nitrogens is 1. The lowest BCUT2D eigenvalue weighted by Crippen LogP contribution is -2.10. The van der Waals surface area contributed by atoms with Gasteiger partial charge in [0.15, 0.2) is 0 Å². The number of anilines is 1. The van der Waals surface area contributed by atoms with Crippen molar-refractivity contribution in [3.8, 4) is 11.3 Å². The molecule has 0 spiro atoms. The van der Waals surface area contributed by atoms with Gasteiger partial charge in [-0.05, 0) is 23.8 Å². The number of aromatic amines is 1. The molecule has 2 aromatic rings. The molecule has 1 aromatic carbocycles. The van der Waals surface area contributed by atoms with E-state index < -0.39 is 0 Å². The molecule has 1 heterocycles. The number of hydrogen-bond donors (Lipinski definition) is 2. The molecular formula is C18H23N3O. The Morgan fingerprint density at radius 2 is 1.86 bits per heavy atom. The van der Waals surface area contributed by atoms with Gasteiger partial charge in [0.1, 0.15) is 5.69 Å². The van der Waals surface area contributed by atoms with Gasteiger partial charge in [0, 0.05) is 18.4 Å². The first kappa shape index (κ1) is 14.8. The summed E-state index contributed by atoms with van der Waals surface area (Å²) in [5, 5.41) is 10.5. The molecule has 1 saturated carbocycles. The average molecular weight is 297 g/mol. The number of aromatic nitrogens is 2. The first-order chi connectivity index (χ1) is 10.4. The molecule has 1 aromatic heterocycles. The highest BCUT2D eigenvalue weighted by Crippen LogP contribution is 2.45. The normalized spacial score (nSPS) is 14.9. The van der Waals surface area contributed by atoms with Crippen LogP contribution in [-0.4, -0.2) is 16.1 Å². The van der Waals surface area contributed by atoms with E-state index in [1.807, 2.05) is 0 Å². The van der Waals surface area contributed by atoms with Gasteiger partial charge in [-0.3, -0.25) is 9.89 Å². The molecular weight excluding hydrogens is 274 g/mol. The molecule has 0 bridgehead atoms. The Morgan fingerprint density at radius 3 is 2.36 bits per heavy atom. The van der Waals surface area contributed by atoms with Crippen LogP contribution in [0.25, 0.3) is 11.3 Å². The fraction of sp³-hybridized carbons (Fsp3) is 0.444. The second kappa shape index (κ2) is 5.27. The third-order valence-electron chi connectivity index (χ3n) is 4.11. The smallest absolute Gasteiger partial charge is 0.221 e. The molecule has 1 amide bonds. The van der Waals surface area contributed by atoms with Gasteiger partial charge in [-0.2, -0.15) is 5.10 Å². The van der Waals surface area contributed by atoms with Gasteiger partial charge in [0.05, 0.1) is 11.4 Å². The predicted molar refractivity (Wildman–Crippen MR) is 89.0 cm³/mol. The molecule has 3 rings (SSSR count). The second-order valence-electron chi connectivity index (χ2n) is 7.14. The summed E-state index contributed by atoms with van der Waals surface area (Å²) in [6.45, 7) is 8.13. The van der Waals surface area contributed by atoms with Gasteiger partial charge in [0.25, 0.3) is 0 Å². The fourth-order valence-electron chi connectivity index (χ4n) is 2.66. The van der Waals surface area contributed by atoms with Crippen LogP contribution in [0.5, 0.6) is 0 Å². The van der Waals surface area contributed by atoms with Gasteiger partial charge in [-0.1, -0.05) is 45.0 Å². The van der Waals surface area contributed by atoms with Crippen molar-refractivity contribution in [2.45, 2.75) is 51.9 Å². The fourth-order valence-corrected chi connectivity index (χ4v) is 2.66. The summed E-state index contributed by atoms with van der Waals surface area (Å²) in [6.07, 6.45) is 2.33. The first-order valence-corrected chi connectivity index (χ1v) is 7.83. The van der Waals surface area contributed by atoms with E-state index in [4.69, 9.17) is 0 Å². The minimum absolute atomic E-state index is 0.0594. The van der Waals surface area contributed by atoms with E-state index in [1.165, 1.54) is 12.5 Å². The molecule has 4 nitrogen and oxygen atoms in total. The highest BCUT2D eigenvalue weighted by molar-refractivity contribution is 5.94. The van der Waals surface area contributed by atoms with Crippen LogP contribution in [0.4, 0.5) is 5.69 Å². The van der Waals surface area contributed by atoms with Crippen LogP contribution in [0.3, 0.4) is 0 Å². The maximum absolute atomic E-state index is 11.5. The molecule has 0 aliphatic heterocycles. The molecule has 0 radical (unpaired) electrons. The number of nitrogens with one attached hydrogen (secondary N) is 2. The Hall–Kier alpha value is -2.10. The van der Waals surface area contributed by atoms with Gasteiger partial charge in [-0.25, -0.2) is 0 Å². The van der Waals surface area contributed by atoms with Crippen molar-refractivity contribution >= 4 is 11.6 Å². The van der Waals surface area contributed by atoms with Crippen molar-refractivity contribution in [3.05, 3.63) is 35.5 Å². The average Bonchev–Trinajstić information content (AvgIpc) is 3.20. The van der Waals surface area contributed by atoms with Crippen molar-refractivity contribution in [1.82, 2.24) is 10.2 Å². The van der Waals surface area contributed by atoms with E-state index in [9.17, 15) is 4.79 Å². The van der Waals surface area contributed by atoms with Crippen LogP contribution >= 0.6 is 0 Å². The van der Waals surface area contributed by atoms with E-state index in [2.05, 4.69) is 60.6 Å². The summed E-state index contributed by atoms with van der Waals surface area (Å²) >= 11 is 0. The van der Waals surface area contributed by atoms with Crippen molar-refractivity contribution in [2.24, 2.45) is 0 Å². The molecule has 0 atom stereocenters. The number of carbonyl (C=O) groups excluding carboxylic acids is 1. The van der Waals surface area contributed by atoms with E-state index in [0.717, 1.165) is 35.5 Å². The summed E-state index contributed by atoms with van der Waals surface area (Å²) < 4.78 is 0. The minimum atomic E-state index is -0.0594. The molecule has 0 unspecified atom stereocenters. The van der Waals surface area contributed by atoms with E-state index in [-0.39, 0.29) is 11.3 Å². The van der Waals surface area contributed by atoms with Crippen LogP contribution in [-0.2, 0) is 10.2 Å². The summed E-state index contributed by atoms with van der Waals surface area (Å²) in [5.74, 6) is 0.452. The van der Waals surface area contributed by atoms with E-state index >= 15 is 0 Å². The molecule has 2 N–H and O–H groups in total. The molecule has 0 saturated heterocycles. The SMILES string of the molecule is CC(=O)Nc1c(-c2ccc(C(C)(C)C)cc2)n[nH]c1C1CC1. The van der Waals surface area contributed by atoms with Crippen LogP contribution < -0.4 is 5.32 Å². The van der Waals surface area contributed by atoms with Gasteiger partial charge < -0.3 is 5.32 Å². The largest absolute Gasteiger partial charge is 0.323 e. The highest BCUT2D eigenvalue weighted by Gasteiger charge is 2.30. The van der Waals surface area contributed by atoms with E-state index in [1.54, 1.807) is 0 Å². The molecule has 1 aliphatic rings. The highest BCUT2D eigenvalue weighted by atomic mass is 16.1. The third kappa shape index (κ3) is 2.91. The predicted octanol–water partition coefficient (Wildman–Crippen LogP) is 4.21. The van der Waals surface area contributed by atoms with Crippen LogP contribution in [0.2, 0.25) is 0 Å². The molecule has 1 fully saturated rings. The maximum Gasteiger partial charge on any atom is 0.221 e. The number of nitrogens with zero attached hydrogens (tertiary/aromatic N) is 1. The third-order valence-corrected chi connectivity index (χ3v) is 4.11. The monoisotopic (exact) mass is 297 g/mol. The zero-order valence-corrected chi connectivity index (χ0v) is 13.7. The number of amides is 1. The molecule has 22 heavy (non-hydrogen) atoms. The van der Waals surface area contributed by atoms with Crippen LogP contribution in [0, 0.1) is 0 Å². The van der Waals surface area contributed by atoms with Gasteiger partial charge >= 0.3 is 0 Å². The molecule has 4 heteroatoms. The van der Waals surface area contributed by atoms with Crippen molar-refractivity contribution in [1.29, 1.82) is 0 Å². The number of hydrogen-bond acceptors (Lipinski definition) is 2. The Bertz CT molecular complexity index is 688. The first-order valence-electron chi connectivity index (χ1n) is 7.83. The Balaban J connectivity index is 1.98. The maximum atomic E-state index is 11.5. The van der Waals surface area contributed by atoms with Crippen molar-refractivity contribution < 1.29 is 4.79 Å². The van der Waals surface area contributed by atoms with Crippen LogP contribution in [0.15, 0.2) is 24.3 Å². The summed E-state index contributed by atoms with van der Waals surface area (Å²) in [7, 11) is 0. The Kier molecular flexibility index (Phi) is 3.55. The summed E-state index contributed by atoms with van der Waals surface area (Å²) in [6, 6.07) is 8.44. The van der Waals surface area contributed by atoms with Gasteiger partial charge in [-0.15, -0.1) is 0 Å². The lowest BCUT2D eigenvalue weighted by atomic mass is 9.86. The summed E-state index contributed by atoms with van der Waals surface area (Å²) in [5.41, 5.74) is 5.18. The van der Waals surface area contributed by atoms with Crippen LogP contribution in [0.1, 0.15) is 57.7 Å². The summed E-state index contributed by atoms with van der Waals surface area (Å²) in [4.78, 5) is 11.5. The number of rotatable bonds is 3. The molecule has 116 valence electrons. The van der Waals surface area contributed by atoms with Gasteiger partial charge in [0.2, 0.25) is 5.91 Å². The quantitative estimate of drug-likeness (QED) is 0.891. The lowest BCUT2D eigenvalue weighted by Gasteiger charge is -2.19. The number of benzene rings is 1. The zero-order chi connectivity index (χ0) is 15.9. The lowest BCUT2D eigenvalue weighted by molar-refractivity contribution is -0.114. The topological polar surface area (TPSA) is 57.8 Å². The molecule has 1 aliphatic carbocycles. The minimum Gasteiger partial charge on any atom is -0.323 e. The number of carbonyl (C=O) groups is 1. The Morgan fingerprint density at radius 1 is 1.23 bits per heavy atom. The van der Waals surface area contributed by atoms with Crippen molar-refractivity contribution in [3.63, 3.8) is 0 Å². The van der Waals surface area contributed by atoms with Crippen molar-refractivity contribution in [2.75, 3.05) is 5.32 Å². The van der Waals surface area contributed by atoms with E-state index in [0.29, 0.717) is 5.92 Å². The second-order valence-corrected chi connectivity index (χ2v) is 7.14. The zero-order valence-electron chi connectivity index (χ0n) is 13.7. The Labute approximate surface area is 131 Å².